The standard InChI is InChI=1S/C20H13ClN4O4S/c21-13-2-4-15(5-3-13)25-10-14(22-23-25)9-24-19(26)18(30-20(24)27)8-12-1-6-16-17(7-12)29-11-28-16/h1-8,10H,9,11H2/b18-8-. The van der Waals surface area contributed by atoms with Crippen LogP contribution in [0.25, 0.3) is 11.8 Å². The van der Waals surface area contributed by atoms with Crippen molar-refractivity contribution in [2.75, 3.05) is 6.79 Å². The van der Waals surface area contributed by atoms with Gasteiger partial charge in [-0.2, -0.15) is 0 Å². The Kier molecular flexibility index (Phi) is 4.68. The summed E-state index contributed by atoms with van der Waals surface area (Å²) in [6.07, 6.45) is 3.34. The van der Waals surface area contributed by atoms with Crippen LogP contribution in [0.3, 0.4) is 0 Å². The molecule has 0 spiro atoms. The van der Waals surface area contributed by atoms with E-state index in [0.29, 0.717) is 27.1 Å². The SMILES string of the molecule is O=C1S/C(=C\c2ccc3c(c2)OCO3)C(=O)N1Cc1cn(-c2ccc(Cl)cc2)nn1. The van der Waals surface area contributed by atoms with E-state index in [0.717, 1.165) is 27.9 Å². The van der Waals surface area contributed by atoms with Gasteiger partial charge in [0.2, 0.25) is 6.79 Å². The minimum absolute atomic E-state index is 0.0384. The van der Waals surface area contributed by atoms with Gasteiger partial charge in [0.05, 0.1) is 23.3 Å². The zero-order valence-electron chi connectivity index (χ0n) is 15.3. The Morgan fingerprint density at radius 2 is 1.90 bits per heavy atom. The summed E-state index contributed by atoms with van der Waals surface area (Å²) >= 11 is 6.79. The van der Waals surface area contributed by atoms with Gasteiger partial charge in [-0.25, -0.2) is 4.68 Å². The molecule has 3 aromatic rings. The molecule has 1 saturated heterocycles. The van der Waals surface area contributed by atoms with E-state index >= 15 is 0 Å². The van der Waals surface area contributed by atoms with E-state index in [2.05, 4.69) is 10.3 Å². The highest BCUT2D eigenvalue weighted by Gasteiger charge is 2.35. The topological polar surface area (TPSA) is 86.5 Å². The summed E-state index contributed by atoms with van der Waals surface area (Å²) in [4.78, 5) is 26.7. The van der Waals surface area contributed by atoms with Gasteiger partial charge >= 0.3 is 0 Å². The van der Waals surface area contributed by atoms with Crippen molar-refractivity contribution in [1.29, 1.82) is 0 Å². The van der Waals surface area contributed by atoms with Gasteiger partial charge in [-0.3, -0.25) is 14.5 Å². The number of ether oxygens (including phenoxy) is 2. The summed E-state index contributed by atoms with van der Waals surface area (Å²) in [5.41, 5.74) is 2.02. The monoisotopic (exact) mass is 440 g/mol. The van der Waals surface area contributed by atoms with Crippen molar-refractivity contribution in [1.82, 2.24) is 19.9 Å². The first-order valence-corrected chi connectivity index (χ1v) is 10.1. The van der Waals surface area contributed by atoms with E-state index in [9.17, 15) is 9.59 Å². The van der Waals surface area contributed by atoms with Gasteiger partial charge in [-0.15, -0.1) is 5.10 Å². The Hall–Kier alpha value is -3.30. The number of imide groups is 1. The van der Waals surface area contributed by atoms with Gasteiger partial charge in [0.1, 0.15) is 5.69 Å². The number of carbonyl (C=O) groups is 2. The molecule has 2 aromatic carbocycles. The zero-order valence-corrected chi connectivity index (χ0v) is 16.9. The maximum atomic E-state index is 12.8. The van der Waals surface area contributed by atoms with Crippen LogP contribution in [0.4, 0.5) is 4.79 Å². The fourth-order valence-electron chi connectivity index (χ4n) is 3.04. The third-order valence-electron chi connectivity index (χ3n) is 4.52. The molecule has 0 atom stereocenters. The van der Waals surface area contributed by atoms with Crippen LogP contribution in [-0.2, 0) is 11.3 Å². The van der Waals surface area contributed by atoms with E-state index in [1.807, 2.05) is 0 Å². The molecule has 0 unspecified atom stereocenters. The first-order chi connectivity index (χ1) is 14.6. The van der Waals surface area contributed by atoms with Gasteiger partial charge in [-0.1, -0.05) is 22.9 Å². The number of benzene rings is 2. The molecule has 10 heteroatoms. The molecule has 3 heterocycles. The molecule has 0 bridgehead atoms. The second-order valence-corrected chi connectivity index (χ2v) is 7.94. The molecular formula is C20H13ClN4O4S. The summed E-state index contributed by atoms with van der Waals surface area (Å²) < 4.78 is 12.2. The van der Waals surface area contributed by atoms with Gasteiger partial charge in [0, 0.05) is 5.02 Å². The number of fused-ring (bicyclic) bond motifs is 1. The van der Waals surface area contributed by atoms with Crippen LogP contribution in [0.1, 0.15) is 11.3 Å². The number of thioether (sulfide) groups is 1. The smallest absolute Gasteiger partial charge is 0.293 e. The van der Waals surface area contributed by atoms with Crippen molar-refractivity contribution in [3.63, 3.8) is 0 Å². The zero-order chi connectivity index (χ0) is 20.7. The van der Waals surface area contributed by atoms with Crippen molar-refractivity contribution in [2.45, 2.75) is 6.54 Å². The molecule has 2 aliphatic heterocycles. The lowest BCUT2D eigenvalue weighted by molar-refractivity contribution is -0.123. The average Bonchev–Trinajstić information content (AvgIpc) is 3.45. The molecule has 0 aliphatic carbocycles. The van der Waals surface area contributed by atoms with Gasteiger partial charge in [0.15, 0.2) is 11.5 Å². The van der Waals surface area contributed by atoms with E-state index in [4.69, 9.17) is 21.1 Å². The highest BCUT2D eigenvalue weighted by Crippen LogP contribution is 2.36. The largest absolute Gasteiger partial charge is 0.454 e. The van der Waals surface area contributed by atoms with E-state index in [1.54, 1.807) is 59.4 Å². The predicted molar refractivity (Wildman–Crippen MR) is 110 cm³/mol. The first-order valence-electron chi connectivity index (χ1n) is 8.89. The minimum Gasteiger partial charge on any atom is -0.454 e. The maximum Gasteiger partial charge on any atom is 0.293 e. The van der Waals surface area contributed by atoms with E-state index in [-0.39, 0.29) is 24.5 Å². The van der Waals surface area contributed by atoms with Crippen LogP contribution in [0.5, 0.6) is 11.5 Å². The molecule has 8 nitrogen and oxygen atoms in total. The van der Waals surface area contributed by atoms with Crippen molar-refractivity contribution >= 4 is 40.6 Å². The Labute approximate surface area is 180 Å². The molecular weight excluding hydrogens is 428 g/mol. The Morgan fingerprint density at radius 3 is 2.73 bits per heavy atom. The van der Waals surface area contributed by atoms with Crippen LogP contribution in [0.2, 0.25) is 5.02 Å². The number of aromatic nitrogens is 3. The number of halogens is 1. The number of hydrogen-bond acceptors (Lipinski definition) is 7. The molecule has 150 valence electrons. The highest BCUT2D eigenvalue weighted by molar-refractivity contribution is 8.18. The third-order valence-corrected chi connectivity index (χ3v) is 5.68. The number of carbonyl (C=O) groups excluding carboxylic acids is 2. The summed E-state index contributed by atoms with van der Waals surface area (Å²) in [6, 6.07) is 12.4. The van der Waals surface area contributed by atoms with Crippen molar-refractivity contribution in [3.8, 4) is 17.2 Å². The van der Waals surface area contributed by atoms with Crippen molar-refractivity contribution < 1.29 is 19.1 Å². The highest BCUT2D eigenvalue weighted by atomic mass is 35.5. The van der Waals surface area contributed by atoms with Crippen LogP contribution >= 0.6 is 23.4 Å². The summed E-state index contributed by atoms with van der Waals surface area (Å²) in [6.45, 7) is 0.211. The van der Waals surface area contributed by atoms with Gasteiger partial charge in [-0.05, 0) is 59.8 Å². The van der Waals surface area contributed by atoms with Crippen molar-refractivity contribution in [3.05, 3.63) is 69.8 Å². The lowest BCUT2D eigenvalue weighted by Crippen LogP contribution is -2.27. The fraction of sp³-hybridized carbons (Fsp3) is 0.100. The lowest BCUT2D eigenvalue weighted by atomic mass is 10.2. The van der Waals surface area contributed by atoms with E-state index in [1.165, 1.54) is 0 Å². The van der Waals surface area contributed by atoms with Crippen LogP contribution < -0.4 is 9.47 Å². The summed E-state index contributed by atoms with van der Waals surface area (Å²) in [7, 11) is 0. The van der Waals surface area contributed by atoms with Crippen LogP contribution in [0.15, 0.2) is 53.6 Å². The summed E-state index contributed by atoms with van der Waals surface area (Å²) in [5, 5.41) is 8.39. The second-order valence-electron chi connectivity index (χ2n) is 6.51. The predicted octanol–water partition coefficient (Wildman–Crippen LogP) is 3.89. The Morgan fingerprint density at radius 1 is 1.10 bits per heavy atom. The normalized spacial score (nSPS) is 16.7. The first kappa shape index (κ1) is 18.7. The Bertz CT molecular complexity index is 1190. The van der Waals surface area contributed by atoms with Crippen LogP contribution in [-0.4, -0.2) is 37.8 Å². The molecule has 2 aliphatic rings. The molecule has 2 amide bonds. The molecule has 1 fully saturated rings. The van der Waals surface area contributed by atoms with Gasteiger partial charge < -0.3 is 9.47 Å². The summed E-state index contributed by atoms with van der Waals surface area (Å²) in [5.74, 6) is 0.898. The number of rotatable bonds is 4. The third kappa shape index (κ3) is 3.53. The minimum atomic E-state index is -0.372. The molecule has 5 rings (SSSR count). The maximum absolute atomic E-state index is 12.8. The molecule has 30 heavy (non-hydrogen) atoms. The number of hydrogen-bond donors (Lipinski definition) is 0. The van der Waals surface area contributed by atoms with Gasteiger partial charge in [0.25, 0.3) is 11.1 Å². The van der Waals surface area contributed by atoms with E-state index < -0.39 is 0 Å². The molecule has 0 N–H and O–H groups in total. The molecule has 0 saturated carbocycles. The van der Waals surface area contributed by atoms with Crippen molar-refractivity contribution in [2.24, 2.45) is 0 Å². The quantitative estimate of drug-likeness (QED) is 0.569. The molecule has 1 aromatic heterocycles. The lowest BCUT2D eigenvalue weighted by Gasteiger charge is -2.09. The average molecular weight is 441 g/mol. The second kappa shape index (κ2) is 7.51. The van der Waals surface area contributed by atoms with Crippen LogP contribution in [0, 0.1) is 0 Å². The fourth-order valence-corrected chi connectivity index (χ4v) is 4.01. The number of nitrogens with zero attached hydrogens (tertiary/aromatic N) is 4. The Balaban J connectivity index is 1.33. The number of amides is 2. The molecule has 0 radical (unpaired) electrons.